The average molecular weight is 461 g/mol. The van der Waals surface area contributed by atoms with E-state index in [9.17, 15) is 0 Å². The van der Waals surface area contributed by atoms with Crippen LogP contribution in [0.3, 0.4) is 0 Å². The maximum Gasteiger partial charge on any atom is -0.0351 e. The summed E-state index contributed by atoms with van der Waals surface area (Å²) < 4.78 is 0. The van der Waals surface area contributed by atoms with Gasteiger partial charge in [0.1, 0.15) is 0 Å². The highest BCUT2D eigenvalue weighted by Gasteiger charge is 2.19. The monoisotopic (exact) mass is 461 g/mol. The summed E-state index contributed by atoms with van der Waals surface area (Å²) in [6.07, 6.45) is 40.9. The van der Waals surface area contributed by atoms with Crippen LogP contribution in [-0.4, -0.2) is 0 Å². The highest BCUT2D eigenvalue weighted by molar-refractivity contribution is 4.82. The average Bonchev–Trinajstić information content (AvgIpc) is 2.85. The van der Waals surface area contributed by atoms with Crippen molar-refractivity contribution in [3.05, 3.63) is 24.8 Å². The van der Waals surface area contributed by atoms with E-state index in [0.717, 1.165) is 11.8 Å². The van der Waals surface area contributed by atoms with Gasteiger partial charge >= 0.3 is 0 Å². The van der Waals surface area contributed by atoms with Gasteiger partial charge in [-0.05, 0) is 43.9 Å². The summed E-state index contributed by atoms with van der Waals surface area (Å²) >= 11 is 0. The van der Waals surface area contributed by atoms with Crippen molar-refractivity contribution in [3.63, 3.8) is 0 Å². The Morgan fingerprint density at radius 2 is 1.09 bits per heavy atom. The van der Waals surface area contributed by atoms with Gasteiger partial charge in [0.2, 0.25) is 0 Å². The Morgan fingerprint density at radius 1 is 0.606 bits per heavy atom. The third-order valence-electron chi connectivity index (χ3n) is 7.64. The molecule has 0 spiro atoms. The molecule has 1 saturated carbocycles. The molecule has 196 valence electrons. The molecule has 0 aromatic heterocycles. The zero-order chi connectivity index (χ0) is 24.2. The van der Waals surface area contributed by atoms with E-state index in [4.69, 9.17) is 0 Å². The summed E-state index contributed by atoms with van der Waals surface area (Å²) in [6, 6.07) is 0. The maximum absolute atomic E-state index is 3.75. The number of unbranched alkanes of at least 4 members (excludes halogenated alkanes) is 15. The van der Waals surface area contributed by atoms with Gasteiger partial charge in [0, 0.05) is 0 Å². The van der Waals surface area contributed by atoms with E-state index in [-0.39, 0.29) is 0 Å². The number of rotatable bonds is 21. The lowest BCUT2D eigenvalue weighted by atomic mass is 9.79. The van der Waals surface area contributed by atoms with E-state index in [1.165, 1.54) is 154 Å². The molecule has 0 saturated heterocycles. The van der Waals surface area contributed by atoms with Gasteiger partial charge in [0.15, 0.2) is 0 Å². The van der Waals surface area contributed by atoms with Crippen molar-refractivity contribution in [2.45, 2.75) is 175 Å². The zero-order valence-corrected chi connectivity index (χ0v) is 23.6. The first-order valence-corrected chi connectivity index (χ1v) is 15.5. The van der Waals surface area contributed by atoms with Crippen molar-refractivity contribution in [1.29, 1.82) is 0 Å². The Bertz CT molecular complexity index is 387. The van der Waals surface area contributed by atoms with Gasteiger partial charge in [0.25, 0.3) is 0 Å². The molecule has 0 radical (unpaired) electrons. The lowest BCUT2D eigenvalue weighted by molar-refractivity contribution is 0.249. The SMILES string of the molecule is C=CCCCCCCCCCCCCCC.CCCCC=CCCCC(C)C1CCCCC1. The molecule has 1 unspecified atom stereocenters. The first-order chi connectivity index (χ1) is 16.3. The van der Waals surface area contributed by atoms with Gasteiger partial charge < -0.3 is 0 Å². The third kappa shape index (κ3) is 24.4. The van der Waals surface area contributed by atoms with Crippen LogP contribution in [0.25, 0.3) is 0 Å². The molecule has 1 atom stereocenters. The van der Waals surface area contributed by atoms with E-state index in [1.807, 2.05) is 6.08 Å². The Hall–Kier alpha value is -0.520. The molecule has 33 heavy (non-hydrogen) atoms. The molecular weight excluding hydrogens is 396 g/mol. The summed E-state index contributed by atoms with van der Waals surface area (Å²) in [4.78, 5) is 0. The van der Waals surface area contributed by atoms with Gasteiger partial charge in [0.05, 0.1) is 0 Å². The first kappa shape index (κ1) is 32.5. The summed E-state index contributed by atoms with van der Waals surface area (Å²) in [5.74, 6) is 2.02. The summed E-state index contributed by atoms with van der Waals surface area (Å²) in [7, 11) is 0. The molecule has 0 N–H and O–H groups in total. The van der Waals surface area contributed by atoms with E-state index < -0.39 is 0 Å². The van der Waals surface area contributed by atoms with E-state index in [2.05, 4.69) is 39.5 Å². The normalized spacial score (nSPS) is 15.4. The van der Waals surface area contributed by atoms with Gasteiger partial charge in [-0.3, -0.25) is 0 Å². The van der Waals surface area contributed by atoms with Crippen LogP contribution in [0.4, 0.5) is 0 Å². The van der Waals surface area contributed by atoms with E-state index >= 15 is 0 Å². The smallest absolute Gasteiger partial charge is 0.0351 e. The Morgan fingerprint density at radius 3 is 1.61 bits per heavy atom. The Kier molecular flexibility index (Phi) is 27.3. The summed E-state index contributed by atoms with van der Waals surface area (Å²) in [6.45, 7) is 10.8. The fraction of sp³-hybridized carbons (Fsp3) is 0.879. The standard InChI is InChI=1S/C17H32.C16H32/c1-3-4-5-6-7-8-10-13-16(2)17-14-11-9-12-15-17;1-3-5-7-9-11-13-15-16-14-12-10-8-6-4-2/h6-7,16-17H,3-5,8-15H2,1-2H3;3H,1,4-16H2,2H3. The lowest BCUT2D eigenvalue weighted by Gasteiger charge is -2.27. The zero-order valence-electron chi connectivity index (χ0n) is 23.6. The molecule has 0 heterocycles. The quantitative estimate of drug-likeness (QED) is 0.118. The van der Waals surface area contributed by atoms with Crippen molar-refractivity contribution in [2.24, 2.45) is 11.8 Å². The van der Waals surface area contributed by atoms with Gasteiger partial charge in [-0.1, -0.05) is 161 Å². The molecule has 0 heteroatoms. The summed E-state index contributed by atoms with van der Waals surface area (Å²) in [5, 5.41) is 0. The van der Waals surface area contributed by atoms with Gasteiger partial charge in [-0.2, -0.15) is 0 Å². The third-order valence-corrected chi connectivity index (χ3v) is 7.64. The lowest BCUT2D eigenvalue weighted by Crippen LogP contribution is -2.15. The molecule has 1 aliphatic rings. The van der Waals surface area contributed by atoms with Crippen LogP contribution >= 0.6 is 0 Å². The summed E-state index contributed by atoms with van der Waals surface area (Å²) in [5.41, 5.74) is 0. The molecule has 0 aliphatic heterocycles. The molecule has 0 aromatic rings. The topological polar surface area (TPSA) is 0 Å². The molecule has 1 aliphatic carbocycles. The predicted molar refractivity (Wildman–Crippen MR) is 154 cm³/mol. The fourth-order valence-corrected chi connectivity index (χ4v) is 5.18. The largest absolute Gasteiger partial charge is 0.103 e. The van der Waals surface area contributed by atoms with Crippen LogP contribution in [0, 0.1) is 11.8 Å². The first-order valence-electron chi connectivity index (χ1n) is 15.5. The van der Waals surface area contributed by atoms with Crippen LogP contribution in [0.1, 0.15) is 175 Å². The molecule has 1 rings (SSSR count). The molecular formula is C33H64. The van der Waals surface area contributed by atoms with Crippen molar-refractivity contribution in [2.75, 3.05) is 0 Å². The van der Waals surface area contributed by atoms with Gasteiger partial charge in [-0.25, -0.2) is 0 Å². The highest BCUT2D eigenvalue weighted by Crippen LogP contribution is 2.32. The van der Waals surface area contributed by atoms with Crippen LogP contribution in [0.5, 0.6) is 0 Å². The molecule has 0 nitrogen and oxygen atoms in total. The van der Waals surface area contributed by atoms with Crippen molar-refractivity contribution in [1.82, 2.24) is 0 Å². The number of allylic oxidation sites excluding steroid dienone is 3. The van der Waals surface area contributed by atoms with Crippen LogP contribution in [0.2, 0.25) is 0 Å². The number of hydrogen-bond acceptors (Lipinski definition) is 0. The fourth-order valence-electron chi connectivity index (χ4n) is 5.18. The van der Waals surface area contributed by atoms with Crippen molar-refractivity contribution in [3.8, 4) is 0 Å². The Balaban J connectivity index is 0.000000622. The van der Waals surface area contributed by atoms with Gasteiger partial charge in [-0.15, -0.1) is 6.58 Å². The van der Waals surface area contributed by atoms with E-state index in [0.29, 0.717) is 0 Å². The molecule has 1 fully saturated rings. The van der Waals surface area contributed by atoms with Crippen LogP contribution in [0.15, 0.2) is 24.8 Å². The predicted octanol–water partition coefficient (Wildman–Crippen LogP) is 12.4. The van der Waals surface area contributed by atoms with Crippen molar-refractivity contribution >= 4 is 0 Å². The molecule has 0 aromatic carbocycles. The molecule has 0 amide bonds. The van der Waals surface area contributed by atoms with E-state index in [1.54, 1.807) is 0 Å². The minimum atomic E-state index is 0.972. The minimum Gasteiger partial charge on any atom is -0.103 e. The maximum atomic E-state index is 3.75. The minimum absolute atomic E-state index is 0.972. The Labute approximate surface area is 211 Å². The second-order valence-corrected chi connectivity index (χ2v) is 10.9. The van der Waals surface area contributed by atoms with Crippen molar-refractivity contribution < 1.29 is 0 Å². The second-order valence-electron chi connectivity index (χ2n) is 10.9. The van der Waals surface area contributed by atoms with Crippen LogP contribution in [-0.2, 0) is 0 Å². The molecule has 0 bridgehead atoms. The van der Waals surface area contributed by atoms with Crippen LogP contribution < -0.4 is 0 Å². The highest BCUT2D eigenvalue weighted by atomic mass is 14.2. The number of hydrogen-bond donors (Lipinski definition) is 0. The second kappa shape index (κ2) is 27.7.